The Labute approximate surface area is 442 Å². The van der Waals surface area contributed by atoms with E-state index in [1.165, 1.54) is 28.4 Å². The van der Waals surface area contributed by atoms with Crippen LogP contribution in [-0.4, -0.2) is 65.5 Å². The van der Waals surface area contributed by atoms with Gasteiger partial charge in [0.1, 0.15) is 23.0 Å². The molecule has 4 rings (SSSR count). The molecule has 0 aromatic heterocycles. The van der Waals surface area contributed by atoms with E-state index in [1.54, 1.807) is 0 Å². The minimum Gasteiger partial charge on any atom is -0.469 e. The fraction of sp³-hybridized carbons (Fsp3) is 0.517. The van der Waals surface area contributed by atoms with Gasteiger partial charge in [-0.3, -0.25) is 28.2 Å². The van der Waals surface area contributed by atoms with Crippen LogP contribution in [-0.2, 0) is 94.5 Å². The van der Waals surface area contributed by atoms with Gasteiger partial charge in [-0.15, -0.1) is 0 Å². The Balaban J connectivity index is 1.75. The standard InChI is InChI=1S/C58H80O14P2/c1-55(2,3)43-35-39(21-29-51(59)63-13)17-25-47(43)69-73(70-48-26-18-40(22-30-52(60)64-14)36-44(48)56(4,5)6)67-33-34-68-74(71-49-27-19-41(23-31-53(61)65-15)37-45(49)57(7,8)9)72-50-28-20-42(24-32-54(62)66-16)38-46(50)58(10,11)12/h17-20,25-28,35-38H,21-24,29-34H2,1-16H3. The first-order valence-electron chi connectivity index (χ1n) is 25.0. The molecule has 0 aliphatic rings. The van der Waals surface area contributed by atoms with E-state index < -0.39 is 17.2 Å². The minimum atomic E-state index is -2.16. The monoisotopic (exact) mass is 1060 g/mol. The van der Waals surface area contributed by atoms with Crippen molar-refractivity contribution in [2.24, 2.45) is 0 Å². The Morgan fingerprint density at radius 1 is 0.351 bits per heavy atom. The van der Waals surface area contributed by atoms with E-state index in [0.717, 1.165) is 44.5 Å². The van der Waals surface area contributed by atoms with Crippen molar-refractivity contribution in [1.29, 1.82) is 0 Å². The third-order valence-electron chi connectivity index (χ3n) is 12.0. The molecule has 0 saturated heterocycles. The topological polar surface area (TPSA) is 161 Å². The Hall–Kier alpha value is -5.26. The van der Waals surface area contributed by atoms with Crippen LogP contribution in [0.1, 0.15) is 153 Å². The van der Waals surface area contributed by atoms with Gasteiger partial charge in [0.15, 0.2) is 0 Å². The van der Waals surface area contributed by atoms with Crippen LogP contribution in [0.3, 0.4) is 0 Å². The number of rotatable bonds is 25. The Bertz CT molecular complexity index is 2170. The van der Waals surface area contributed by atoms with Crippen molar-refractivity contribution in [3.63, 3.8) is 0 Å². The number of hydrogen-bond acceptors (Lipinski definition) is 14. The van der Waals surface area contributed by atoms with Crippen LogP contribution in [0.5, 0.6) is 23.0 Å². The zero-order valence-electron chi connectivity index (χ0n) is 46.6. The van der Waals surface area contributed by atoms with Crippen molar-refractivity contribution in [3.05, 3.63) is 117 Å². The molecule has 0 heterocycles. The zero-order valence-corrected chi connectivity index (χ0v) is 48.4. The van der Waals surface area contributed by atoms with Crippen LogP contribution in [0.15, 0.2) is 72.8 Å². The van der Waals surface area contributed by atoms with Crippen LogP contribution in [0.2, 0.25) is 0 Å². The molecule has 0 spiro atoms. The van der Waals surface area contributed by atoms with Crippen LogP contribution in [0.25, 0.3) is 0 Å². The summed E-state index contributed by atoms with van der Waals surface area (Å²) in [5.41, 5.74) is 5.89. The summed E-state index contributed by atoms with van der Waals surface area (Å²) in [7, 11) is 1.20. The van der Waals surface area contributed by atoms with Gasteiger partial charge in [0.25, 0.3) is 0 Å². The second-order valence-electron chi connectivity index (χ2n) is 22.1. The number of carbonyl (C=O) groups excluding carboxylic acids is 4. The molecule has 0 radical (unpaired) electrons. The van der Waals surface area contributed by atoms with E-state index in [2.05, 4.69) is 83.1 Å². The van der Waals surface area contributed by atoms with E-state index in [0.29, 0.717) is 48.7 Å². The Morgan fingerprint density at radius 3 is 0.730 bits per heavy atom. The summed E-state index contributed by atoms with van der Waals surface area (Å²) >= 11 is 0. The number of ether oxygens (including phenoxy) is 4. The predicted octanol–water partition coefficient (Wildman–Crippen LogP) is 13.4. The van der Waals surface area contributed by atoms with Crippen molar-refractivity contribution in [2.75, 3.05) is 41.7 Å². The normalized spacial score (nSPS) is 12.1. The fourth-order valence-corrected chi connectivity index (χ4v) is 9.69. The van der Waals surface area contributed by atoms with Crippen LogP contribution < -0.4 is 18.1 Å². The Morgan fingerprint density at radius 2 is 0.554 bits per heavy atom. The summed E-state index contributed by atoms with van der Waals surface area (Å²) in [4.78, 5) is 48.3. The van der Waals surface area contributed by atoms with Crippen molar-refractivity contribution in [2.45, 2.75) is 156 Å². The molecular weight excluding hydrogens is 983 g/mol. The molecule has 0 amide bonds. The first kappa shape index (κ1) is 61.3. The number of benzene rings is 4. The van der Waals surface area contributed by atoms with Gasteiger partial charge in [0, 0.05) is 47.9 Å². The van der Waals surface area contributed by atoms with Gasteiger partial charge in [-0.1, -0.05) is 132 Å². The van der Waals surface area contributed by atoms with Gasteiger partial charge in [0.05, 0.1) is 41.7 Å². The molecule has 0 atom stereocenters. The lowest BCUT2D eigenvalue weighted by molar-refractivity contribution is -0.141. The van der Waals surface area contributed by atoms with E-state index in [1.807, 2.05) is 72.8 Å². The van der Waals surface area contributed by atoms with Gasteiger partial charge < -0.3 is 37.0 Å². The molecule has 14 nitrogen and oxygen atoms in total. The lowest BCUT2D eigenvalue weighted by atomic mass is 9.85. The summed E-state index contributed by atoms with van der Waals surface area (Å²) in [5, 5.41) is 0. The van der Waals surface area contributed by atoms with Crippen LogP contribution in [0.4, 0.5) is 0 Å². The highest BCUT2D eigenvalue weighted by Gasteiger charge is 2.31. The van der Waals surface area contributed by atoms with Gasteiger partial charge in [-0.05, 0) is 93.9 Å². The number of aryl methyl sites for hydroxylation is 4. The van der Waals surface area contributed by atoms with Crippen molar-refractivity contribution in [3.8, 4) is 23.0 Å². The van der Waals surface area contributed by atoms with E-state index >= 15 is 0 Å². The lowest BCUT2D eigenvalue weighted by Crippen LogP contribution is -2.17. The molecule has 406 valence electrons. The molecule has 0 unspecified atom stereocenters. The maximum atomic E-state index is 12.1. The highest BCUT2D eigenvalue weighted by molar-refractivity contribution is 7.43. The molecule has 0 bridgehead atoms. The van der Waals surface area contributed by atoms with Gasteiger partial charge in [0.2, 0.25) is 0 Å². The first-order chi connectivity index (χ1) is 34.6. The number of hydrogen-bond donors (Lipinski definition) is 0. The quantitative estimate of drug-likeness (QED) is 0.0267. The van der Waals surface area contributed by atoms with Gasteiger partial charge in [-0.2, -0.15) is 0 Å². The third-order valence-corrected chi connectivity index (χ3v) is 14.1. The number of carbonyl (C=O) groups is 4. The molecule has 0 saturated carbocycles. The molecule has 0 fully saturated rings. The largest absolute Gasteiger partial charge is 0.469 e. The second kappa shape index (κ2) is 27.5. The maximum absolute atomic E-state index is 12.1. The predicted molar refractivity (Wildman–Crippen MR) is 290 cm³/mol. The van der Waals surface area contributed by atoms with Gasteiger partial charge in [-0.25, -0.2) is 0 Å². The van der Waals surface area contributed by atoms with Gasteiger partial charge >= 0.3 is 41.1 Å². The average molecular weight is 1060 g/mol. The maximum Gasteiger partial charge on any atom is 0.463 e. The third kappa shape index (κ3) is 19.5. The van der Waals surface area contributed by atoms with E-state index in [9.17, 15) is 19.2 Å². The molecule has 4 aromatic carbocycles. The number of esters is 4. The second-order valence-corrected chi connectivity index (χ2v) is 24.2. The molecule has 16 heteroatoms. The summed E-state index contributed by atoms with van der Waals surface area (Å²) in [6, 6.07) is 23.4. The van der Waals surface area contributed by atoms with Crippen molar-refractivity contribution < 1.29 is 65.3 Å². The van der Waals surface area contributed by atoms with Crippen LogP contribution >= 0.6 is 17.2 Å². The molecule has 0 aliphatic heterocycles. The van der Waals surface area contributed by atoms with Crippen LogP contribution in [0, 0.1) is 0 Å². The summed E-state index contributed by atoms with van der Waals surface area (Å²) in [6.45, 7) is 25.1. The summed E-state index contributed by atoms with van der Waals surface area (Å²) in [6.07, 6.45) is 2.92. The summed E-state index contributed by atoms with van der Waals surface area (Å²) in [5.74, 6) is 1.06. The lowest BCUT2D eigenvalue weighted by Gasteiger charge is -2.28. The zero-order chi connectivity index (χ0) is 55.0. The molecule has 0 aliphatic carbocycles. The molecule has 74 heavy (non-hydrogen) atoms. The Kier molecular flexibility index (Phi) is 22.8. The highest BCUT2D eigenvalue weighted by atomic mass is 31.2. The average Bonchev–Trinajstić information content (AvgIpc) is 3.34. The molecular formula is C58H80O14P2. The molecule has 0 N–H and O–H groups in total. The van der Waals surface area contributed by atoms with E-state index in [4.69, 9.17) is 46.1 Å². The smallest absolute Gasteiger partial charge is 0.463 e. The SMILES string of the molecule is COC(=O)CCc1ccc(OP(OCCOP(Oc2ccc(CCC(=O)OC)cc2C(C)(C)C)Oc2ccc(CCC(=O)OC)cc2C(C)(C)C)Oc2ccc(CCC(=O)OC)cc2C(C)(C)C)c(C(C)(C)C)c1. The van der Waals surface area contributed by atoms with Crippen molar-refractivity contribution in [1.82, 2.24) is 0 Å². The number of methoxy groups -OCH3 is 4. The van der Waals surface area contributed by atoms with Crippen molar-refractivity contribution >= 4 is 41.1 Å². The minimum absolute atomic E-state index is 0.00142. The fourth-order valence-electron chi connectivity index (χ4n) is 7.67. The highest BCUT2D eigenvalue weighted by Crippen LogP contribution is 2.50. The first-order valence-corrected chi connectivity index (χ1v) is 27.2. The summed E-state index contributed by atoms with van der Waals surface area (Å²) < 4.78 is 59.9. The van der Waals surface area contributed by atoms with E-state index in [-0.39, 0.29) is 84.4 Å². The molecule has 4 aromatic rings.